The Hall–Kier alpha value is -3.49. The van der Waals surface area contributed by atoms with Crippen LogP contribution in [0, 0.1) is 15.9 Å². The van der Waals surface area contributed by atoms with Gasteiger partial charge in [-0.1, -0.05) is 0 Å². The molecule has 1 aliphatic carbocycles. The van der Waals surface area contributed by atoms with Gasteiger partial charge in [0.2, 0.25) is 5.91 Å². The zero-order chi connectivity index (χ0) is 29.1. The van der Waals surface area contributed by atoms with E-state index < -0.39 is 22.4 Å². The minimum absolute atomic E-state index is 0.0173. The lowest BCUT2D eigenvalue weighted by atomic mass is 9.95. The van der Waals surface area contributed by atoms with Crippen molar-refractivity contribution in [3.63, 3.8) is 0 Å². The van der Waals surface area contributed by atoms with E-state index in [1.165, 1.54) is 29.5 Å². The average Bonchev–Trinajstić information content (AvgIpc) is 3.33. The summed E-state index contributed by atoms with van der Waals surface area (Å²) in [4.78, 5) is 35.4. The molecule has 3 aromatic rings. The van der Waals surface area contributed by atoms with Gasteiger partial charge in [0.25, 0.3) is 5.69 Å². The first-order valence-electron chi connectivity index (χ1n) is 13.1. The lowest BCUT2D eigenvalue weighted by Gasteiger charge is -2.34. The number of nitrogens with zero attached hydrogens (tertiary/aromatic N) is 5. The van der Waals surface area contributed by atoms with Crippen LogP contribution < -0.4 is 0 Å². The molecule has 0 radical (unpaired) electrons. The van der Waals surface area contributed by atoms with Crippen LogP contribution in [0.2, 0.25) is 0 Å². The first kappa shape index (κ1) is 29.0. The van der Waals surface area contributed by atoms with Gasteiger partial charge in [0.15, 0.2) is 0 Å². The molecule has 0 spiro atoms. The minimum atomic E-state index is -4.86. The van der Waals surface area contributed by atoms with Crippen molar-refractivity contribution < 1.29 is 32.0 Å². The number of aromatic nitrogens is 1. The van der Waals surface area contributed by atoms with Gasteiger partial charge < -0.3 is 9.64 Å². The molecule has 2 heterocycles. The number of nitro groups is 1. The van der Waals surface area contributed by atoms with Crippen molar-refractivity contribution in [2.45, 2.75) is 44.5 Å². The average molecular weight is 594 g/mol. The Morgan fingerprint density at radius 3 is 2.54 bits per heavy atom. The van der Waals surface area contributed by atoms with E-state index in [2.05, 4.69) is 14.9 Å². The van der Waals surface area contributed by atoms with Crippen molar-refractivity contribution in [1.29, 1.82) is 0 Å². The summed E-state index contributed by atoms with van der Waals surface area (Å²) in [5, 5.41) is 11.9. The van der Waals surface area contributed by atoms with Crippen molar-refractivity contribution in [2.24, 2.45) is 4.99 Å². The maximum absolute atomic E-state index is 13.4. The minimum Gasteiger partial charge on any atom is -0.368 e. The van der Waals surface area contributed by atoms with E-state index in [1.807, 2.05) is 0 Å². The maximum Gasteiger partial charge on any atom is 0.423 e. The standard InChI is InChI=1S/C27H27F4N5O4S/c28-17-1-8-24-22(13-17)33-25(41-24)15-34-9-11-35(12-10-34)26(37)16-40-20-5-2-18(3-6-20)32-19-4-7-23(36(38)39)21(14-19)27(29,30)31/h1,4,7-8,13-14,20H,2-3,5-6,9-12,15-16H2. The third kappa shape index (κ3) is 7.24. The highest BCUT2D eigenvalue weighted by molar-refractivity contribution is 7.18. The van der Waals surface area contributed by atoms with Gasteiger partial charge in [-0.3, -0.25) is 24.8 Å². The largest absolute Gasteiger partial charge is 0.423 e. The molecule has 0 atom stereocenters. The summed E-state index contributed by atoms with van der Waals surface area (Å²) >= 11 is 1.54. The number of carbonyl (C=O) groups is 1. The number of piperazine rings is 1. The topological polar surface area (TPSA) is 101 Å². The lowest BCUT2D eigenvalue weighted by Crippen LogP contribution is -2.49. The number of fused-ring (bicyclic) bond motifs is 1. The SMILES string of the molecule is O=C(COC1CCC(=Nc2ccc([N+](=O)[O-])c(C(F)(F)F)c2)CC1)N1CCN(Cc2nc3cc(F)ccc3s2)CC1. The van der Waals surface area contributed by atoms with E-state index in [-0.39, 0.29) is 30.1 Å². The molecule has 0 unspecified atom stereocenters. The number of hydrogen-bond donors (Lipinski definition) is 0. The first-order valence-corrected chi connectivity index (χ1v) is 14.0. The summed E-state index contributed by atoms with van der Waals surface area (Å²) in [5.74, 6) is -0.402. The van der Waals surface area contributed by atoms with E-state index in [9.17, 15) is 32.5 Å². The second-order valence-electron chi connectivity index (χ2n) is 10.0. The van der Waals surface area contributed by atoms with E-state index >= 15 is 0 Å². The Morgan fingerprint density at radius 1 is 1.12 bits per heavy atom. The number of amides is 1. The quantitative estimate of drug-likeness (QED) is 0.197. The van der Waals surface area contributed by atoms with Gasteiger partial charge in [0.1, 0.15) is 23.0 Å². The van der Waals surface area contributed by atoms with Gasteiger partial charge in [0, 0.05) is 44.0 Å². The van der Waals surface area contributed by atoms with Crippen LogP contribution in [0.15, 0.2) is 41.4 Å². The molecular weight excluding hydrogens is 566 g/mol. The van der Waals surface area contributed by atoms with E-state index in [1.54, 1.807) is 11.0 Å². The number of halogens is 4. The summed E-state index contributed by atoms with van der Waals surface area (Å²) in [6.45, 7) is 3.12. The fourth-order valence-corrected chi connectivity index (χ4v) is 6.00. The van der Waals surface area contributed by atoms with Crippen LogP contribution >= 0.6 is 11.3 Å². The Bertz CT molecular complexity index is 1460. The lowest BCUT2D eigenvalue weighted by molar-refractivity contribution is -0.388. The monoisotopic (exact) mass is 593 g/mol. The molecule has 0 bridgehead atoms. The van der Waals surface area contributed by atoms with E-state index in [4.69, 9.17) is 4.74 Å². The molecule has 2 aliphatic rings. The number of nitro benzene ring substituents is 1. The number of carbonyl (C=O) groups excluding carboxylic acids is 1. The molecule has 1 saturated heterocycles. The number of alkyl halides is 3. The first-order chi connectivity index (χ1) is 19.5. The zero-order valence-corrected chi connectivity index (χ0v) is 22.7. The summed E-state index contributed by atoms with van der Waals surface area (Å²) in [6, 6.07) is 7.32. The number of hydrogen-bond acceptors (Lipinski definition) is 8. The molecule has 1 aromatic heterocycles. The molecule has 0 N–H and O–H groups in total. The second kappa shape index (κ2) is 12.2. The van der Waals surface area contributed by atoms with Crippen LogP contribution in [0.25, 0.3) is 10.2 Å². The third-order valence-electron chi connectivity index (χ3n) is 7.20. The van der Waals surface area contributed by atoms with E-state index in [0.717, 1.165) is 15.8 Å². The van der Waals surface area contributed by atoms with Crippen LogP contribution in [-0.4, -0.2) is 70.2 Å². The van der Waals surface area contributed by atoms with Crippen LogP contribution in [0.4, 0.5) is 28.9 Å². The second-order valence-corrected chi connectivity index (χ2v) is 11.1. The Labute approximate surface area is 236 Å². The van der Waals surface area contributed by atoms with Crippen LogP contribution in [0.5, 0.6) is 0 Å². The molecule has 5 rings (SSSR count). The molecule has 218 valence electrons. The Morgan fingerprint density at radius 2 is 1.85 bits per heavy atom. The molecular formula is C27H27F4N5O4S. The molecule has 41 heavy (non-hydrogen) atoms. The summed E-state index contributed by atoms with van der Waals surface area (Å²) in [7, 11) is 0. The van der Waals surface area contributed by atoms with Gasteiger partial charge >= 0.3 is 6.18 Å². The smallest absolute Gasteiger partial charge is 0.368 e. The highest BCUT2D eigenvalue weighted by Gasteiger charge is 2.38. The molecule has 1 aliphatic heterocycles. The van der Waals surface area contributed by atoms with Crippen molar-refractivity contribution in [1.82, 2.24) is 14.8 Å². The number of benzene rings is 2. The summed E-state index contributed by atoms with van der Waals surface area (Å²) in [5.41, 5.74) is -0.972. The number of ether oxygens (including phenoxy) is 1. The number of thiazole rings is 1. The van der Waals surface area contributed by atoms with Gasteiger partial charge in [-0.15, -0.1) is 11.3 Å². The Balaban J connectivity index is 1.06. The van der Waals surface area contributed by atoms with Crippen molar-refractivity contribution in [3.05, 3.63) is 62.9 Å². The predicted octanol–water partition coefficient (Wildman–Crippen LogP) is 5.74. The van der Waals surface area contributed by atoms with Gasteiger partial charge in [0.05, 0.1) is 33.5 Å². The van der Waals surface area contributed by atoms with Gasteiger partial charge in [-0.25, -0.2) is 9.37 Å². The molecule has 2 fully saturated rings. The fourth-order valence-electron chi connectivity index (χ4n) is 5.01. The summed E-state index contributed by atoms with van der Waals surface area (Å²) < 4.78 is 59.9. The third-order valence-corrected chi connectivity index (χ3v) is 8.22. The van der Waals surface area contributed by atoms with Crippen LogP contribution in [-0.2, 0) is 22.3 Å². The summed E-state index contributed by atoms with van der Waals surface area (Å²) in [6.07, 6.45) is -2.88. The number of aliphatic imine (C=N–C) groups is 1. The van der Waals surface area contributed by atoms with Gasteiger partial charge in [-0.2, -0.15) is 13.2 Å². The molecule has 2 aromatic carbocycles. The molecule has 14 heteroatoms. The highest BCUT2D eigenvalue weighted by atomic mass is 32.1. The fraction of sp³-hybridized carbons (Fsp3) is 0.444. The zero-order valence-electron chi connectivity index (χ0n) is 21.9. The highest BCUT2D eigenvalue weighted by Crippen LogP contribution is 2.38. The molecule has 1 saturated carbocycles. The van der Waals surface area contributed by atoms with Crippen molar-refractivity contribution in [3.8, 4) is 0 Å². The maximum atomic E-state index is 13.4. The Kier molecular flexibility index (Phi) is 8.61. The van der Waals surface area contributed by atoms with Crippen LogP contribution in [0.1, 0.15) is 36.3 Å². The molecule has 9 nitrogen and oxygen atoms in total. The van der Waals surface area contributed by atoms with Crippen molar-refractivity contribution in [2.75, 3.05) is 32.8 Å². The van der Waals surface area contributed by atoms with Crippen LogP contribution in [0.3, 0.4) is 0 Å². The van der Waals surface area contributed by atoms with Gasteiger partial charge in [-0.05, 0) is 49.9 Å². The van der Waals surface area contributed by atoms with Crippen molar-refractivity contribution >= 4 is 44.5 Å². The predicted molar refractivity (Wildman–Crippen MR) is 145 cm³/mol. The normalized spacial score (nSPS) is 18.6. The van der Waals surface area contributed by atoms with E-state index in [0.29, 0.717) is 75.7 Å². The number of rotatable bonds is 7. The molecule has 1 amide bonds.